The summed E-state index contributed by atoms with van der Waals surface area (Å²) in [6.45, 7) is 3.91. The molecule has 6 aromatic rings. The molecular formula is C24H17N7O. The van der Waals surface area contributed by atoms with E-state index >= 15 is 0 Å². The Morgan fingerprint density at radius 3 is 1.84 bits per heavy atom. The van der Waals surface area contributed by atoms with Gasteiger partial charge in [-0.15, -0.1) is 20.4 Å². The zero-order chi connectivity index (χ0) is 21.4. The molecule has 154 valence electrons. The van der Waals surface area contributed by atoms with E-state index < -0.39 is 0 Å². The number of anilines is 3. The first kappa shape index (κ1) is 17.2. The highest BCUT2D eigenvalue weighted by Gasteiger charge is 2.28. The van der Waals surface area contributed by atoms with Gasteiger partial charge in [-0.3, -0.25) is 8.80 Å². The lowest BCUT2D eigenvalue weighted by atomic mass is 10.1. The molecule has 0 N–H and O–H groups in total. The number of para-hydroxylation sites is 5. The van der Waals surface area contributed by atoms with Crippen LogP contribution in [0.2, 0.25) is 0 Å². The van der Waals surface area contributed by atoms with E-state index in [2.05, 4.69) is 60.0 Å². The minimum Gasteiger partial charge on any atom is -0.453 e. The molecule has 0 aliphatic carbocycles. The maximum atomic E-state index is 6.22. The van der Waals surface area contributed by atoms with E-state index in [-0.39, 0.29) is 0 Å². The molecule has 1 aliphatic rings. The number of nitrogens with zero attached hydrogens (tertiary/aromatic N) is 7. The van der Waals surface area contributed by atoms with Gasteiger partial charge in [0.15, 0.2) is 11.5 Å². The van der Waals surface area contributed by atoms with Crippen LogP contribution in [0.4, 0.5) is 17.1 Å². The van der Waals surface area contributed by atoms with Crippen molar-refractivity contribution in [2.24, 2.45) is 0 Å². The predicted octanol–water partition coefficient (Wildman–Crippen LogP) is 5.12. The molecule has 0 saturated heterocycles. The molecule has 8 nitrogen and oxygen atoms in total. The largest absolute Gasteiger partial charge is 0.453 e. The second-order valence-corrected chi connectivity index (χ2v) is 7.83. The Balaban J connectivity index is 1.69. The lowest BCUT2D eigenvalue weighted by Crippen LogP contribution is -2.17. The van der Waals surface area contributed by atoms with Crippen LogP contribution in [0, 0.1) is 13.8 Å². The highest BCUT2D eigenvalue weighted by molar-refractivity contribution is 6.00. The Morgan fingerprint density at radius 2 is 1.16 bits per heavy atom. The first-order valence-electron chi connectivity index (χ1n) is 10.4. The molecule has 0 amide bonds. The third-order valence-corrected chi connectivity index (χ3v) is 5.98. The highest BCUT2D eigenvalue weighted by Crippen LogP contribution is 2.51. The number of hydrogen-bond acceptors (Lipinski definition) is 6. The van der Waals surface area contributed by atoms with Crippen molar-refractivity contribution in [3.8, 4) is 11.5 Å². The zero-order valence-corrected chi connectivity index (χ0v) is 17.4. The summed E-state index contributed by atoms with van der Waals surface area (Å²) in [7, 11) is 0. The van der Waals surface area contributed by atoms with Crippen LogP contribution in [0.5, 0.6) is 11.5 Å². The quantitative estimate of drug-likeness (QED) is 0.368. The fraction of sp³-hybridized carbons (Fsp3) is 0.0833. The number of ether oxygens (including phenoxy) is 1. The summed E-state index contributed by atoms with van der Waals surface area (Å²) in [6.07, 6.45) is 0. The second kappa shape index (κ2) is 6.04. The number of aryl methyl sites for hydroxylation is 2. The maximum Gasteiger partial charge on any atom is 0.207 e. The van der Waals surface area contributed by atoms with Crippen molar-refractivity contribution in [1.29, 1.82) is 0 Å². The summed E-state index contributed by atoms with van der Waals surface area (Å²) in [5.41, 5.74) is 6.27. The lowest BCUT2D eigenvalue weighted by Gasteiger charge is -2.33. The van der Waals surface area contributed by atoms with Crippen LogP contribution < -0.4 is 9.64 Å². The molecule has 7 rings (SSSR count). The van der Waals surface area contributed by atoms with Gasteiger partial charge in [0.05, 0.1) is 28.1 Å². The van der Waals surface area contributed by atoms with Crippen molar-refractivity contribution in [3.05, 3.63) is 78.4 Å². The van der Waals surface area contributed by atoms with Crippen molar-refractivity contribution in [2.75, 3.05) is 4.90 Å². The van der Waals surface area contributed by atoms with E-state index in [0.29, 0.717) is 11.3 Å². The van der Waals surface area contributed by atoms with Gasteiger partial charge in [0.25, 0.3) is 0 Å². The van der Waals surface area contributed by atoms with E-state index in [9.17, 15) is 0 Å². The minimum atomic E-state index is 0.679. The van der Waals surface area contributed by atoms with Crippen molar-refractivity contribution < 1.29 is 4.74 Å². The van der Waals surface area contributed by atoms with Crippen LogP contribution in [0.25, 0.3) is 22.3 Å². The van der Waals surface area contributed by atoms with E-state index in [1.165, 1.54) is 0 Å². The molecule has 0 radical (unpaired) electrons. The number of rotatable bonds is 1. The molecule has 1 aliphatic heterocycles. The molecule has 32 heavy (non-hydrogen) atoms. The van der Waals surface area contributed by atoms with Gasteiger partial charge in [-0.2, -0.15) is 0 Å². The molecule has 0 unspecified atom stereocenters. The molecular weight excluding hydrogens is 402 g/mol. The van der Waals surface area contributed by atoms with Crippen molar-refractivity contribution >= 4 is 39.4 Å². The number of hydrogen-bond donors (Lipinski definition) is 0. The minimum absolute atomic E-state index is 0.679. The average molecular weight is 419 g/mol. The first-order valence-corrected chi connectivity index (χ1v) is 10.4. The van der Waals surface area contributed by atoms with Gasteiger partial charge in [0, 0.05) is 0 Å². The third kappa shape index (κ3) is 2.10. The van der Waals surface area contributed by atoms with Gasteiger partial charge in [-0.05, 0) is 50.2 Å². The van der Waals surface area contributed by atoms with Crippen LogP contribution in [0.15, 0.2) is 66.7 Å². The number of benzene rings is 3. The Hall–Kier alpha value is -4.46. The second-order valence-electron chi connectivity index (χ2n) is 7.83. The van der Waals surface area contributed by atoms with Crippen molar-refractivity contribution in [3.63, 3.8) is 0 Å². The standard InChI is InChI=1S/C24H17N7O/c1-14-25-27-23-24-28-26-15(2)30(24)22-18(29(14)23)10-7-11-19(22)31-16-8-3-5-12-20(16)32-21-13-6-4-9-17(21)31/h3-13H,1-2H3. The van der Waals surface area contributed by atoms with Crippen LogP contribution in [-0.4, -0.2) is 29.2 Å². The topological polar surface area (TPSA) is 72.8 Å². The Morgan fingerprint density at radius 1 is 0.594 bits per heavy atom. The van der Waals surface area contributed by atoms with Crippen molar-refractivity contribution in [1.82, 2.24) is 29.2 Å². The van der Waals surface area contributed by atoms with Gasteiger partial charge in [0.2, 0.25) is 11.3 Å². The van der Waals surface area contributed by atoms with E-state index in [4.69, 9.17) is 4.74 Å². The molecule has 0 spiro atoms. The number of aromatic nitrogens is 6. The molecule has 4 heterocycles. The number of fused-ring (bicyclic) bond motifs is 8. The molecule has 0 atom stereocenters. The van der Waals surface area contributed by atoms with Gasteiger partial charge in [-0.25, -0.2) is 0 Å². The summed E-state index contributed by atoms with van der Waals surface area (Å²) >= 11 is 0. The Bertz CT molecular complexity index is 1650. The first-order chi connectivity index (χ1) is 15.7. The predicted molar refractivity (Wildman–Crippen MR) is 121 cm³/mol. The van der Waals surface area contributed by atoms with Gasteiger partial charge >= 0.3 is 0 Å². The van der Waals surface area contributed by atoms with Gasteiger partial charge < -0.3 is 9.64 Å². The fourth-order valence-electron chi connectivity index (χ4n) is 4.64. The van der Waals surface area contributed by atoms with Gasteiger partial charge in [0.1, 0.15) is 11.6 Å². The summed E-state index contributed by atoms with van der Waals surface area (Å²) in [6, 6.07) is 22.4. The van der Waals surface area contributed by atoms with Crippen LogP contribution >= 0.6 is 0 Å². The molecule has 8 heteroatoms. The molecule has 3 aromatic heterocycles. The molecule has 3 aromatic carbocycles. The Kier molecular flexibility index (Phi) is 3.25. The highest BCUT2D eigenvalue weighted by atomic mass is 16.5. The molecule has 0 bridgehead atoms. The average Bonchev–Trinajstić information content (AvgIpc) is 3.40. The summed E-state index contributed by atoms with van der Waals surface area (Å²) < 4.78 is 10.3. The summed E-state index contributed by atoms with van der Waals surface area (Å²) in [5.74, 6) is 3.20. The maximum absolute atomic E-state index is 6.22. The molecule has 0 fully saturated rings. The Labute approximate surface area is 182 Å². The normalized spacial score (nSPS) is 12.9. The zero-order valence-electron chi connectivity index (χ0n) is 17.4. The lowest BCUT2D eigenvalue weighted by molar-refractivity contribution is 0.477. The van der Waals surface area contributed by atoms with Crippen LogP contribution in [0.3, 0.4) is 0 Å². The summed E-state index contributed by atoms with van der Waals surface area (Å²) in [4.78, 5) is 2.24. The van der Waals surface area contributed by atoms with Gasteiger partial charge in [-0.1, -0.05) is 30.3 Å². The van der Waals surface area contributed by atoms with E-state index in [1.54, 1.807) is 0 Å². The van der Waals surface area contributed by atoms with Crippen LogP contribution in [0.1, 0.15) is 11.6 Å². The third-order valence-electron chi connectivity index (χ3n) is 5.98. The molecule has 0 saturated carbocycles. The summed E-state index contributed by atoms with van der Waals surface area (Å²) in [5, 5.41) is 17.5. The van der Waals surface area contributed by atoms with E-state index in [0.717, 1.165) is 51.2 Å². The van der Waals surface area contributed by atoms with Crippen LogP contribution in [-0.2, 0) is 0 Å². The monoisotopic (exact) mass is 419 g/mol. The SMILES string of the molecule is Cc1nnc2c3nnc(C)n3c3c(N4c5ccccc5Oc5ccccc54)cccc3n12. The van der Waals surface area contributed by atoms with E-state index in [1.807, 2.05) is 54.6 Å². The fourth-order valence-corrected chi connectivity index (χ4v) is 4.64. The van der Waals surface area contributed by atoms with Crippen molar-refractivity contribution in [2.45, 2.75) is 13.8 Å². The smallest absolute Gasteiger partial charge is 0.207 e.